The van der Waals surface area contributed by atoms with Crippen LogP contribution in [0.15, 0.2) is 53.0 Å². The van der Waals surface area contributed by atoms with Gasteiger partial charge in [-0.05, 0) is 42.7 Å². The van der Waals surface area contributed by atoms with Gasteiger partial charge < -0.3 is 14.8 Å². The van der Waals surface area contributed by atoms with Crippen molar-refractivity contribution in [2.24, 2.45) is 0 Å². The molecule has 3 aromatic rings. The zero-order valence-electron chi connectivity index (χ0n) is 17.1. The normalized spacial score (nSPS) is 22.2. The molecule has 0 bridgehead atoms. The molecule has 30 heavy (non-hydrogen) atoms. The van der Waals surface area contributed by atoms with E-state index in [1.165, 1.54) is 0 Å². The lowest BCUT2D eigenvalue weighted by atomic mass is 9.86. The highest BCUT2D eigenvalue weighted by Gasteiger charge is 2.48. The average Bonchev–Trinajstić information content (AvgIpc) is 3.13. The molecule has 0 radical (unpaired) electrons. The number of amides is 2. The van der Waals surface area contributed by atoms with Gasteiger partial charge in [0.1, 0.15) is 12.6 Å². The van der Waals surface area contributed by atoms with E-state index < -0.39 is 6.04 Å². The fourth-order valence-electron chi connectivity index (χ4n) is 4.87. The highest BCUT2D eigenvalue weighted by Crippen LogP contribution is 2.42. The van der Waals surface area contributed by atoms with E-state index in [4.69, 9.17) is 0 Å². The topological polar surface area (TPSA) is 56.4 Å². The van der Waals surface area contributed by atoms with Crippen molar-refractivity contribution in [2.75, 3.05) is 6.54 Å². The molecule has 3 atom stereocenters. The lowest BCUT2D eigenvalue weighted by molar-refractivity contribution is -0.160. The Balaban J connectivity index is 1.70. The predicted molar refractivity (Wildman–Crippen MR) is 120 cm³/mol. The molecule has 2 amide bonds. The Bertz CT molecular complexity index is 1140. The Morgan fingerprint density at radius 2 is 1.87 bits per heavy atom. The number of rotatable bonds is 3. The summed E-state index contributed by atoms with van der Waals surface area (Å²) < 4.78 is 0.986. The Hall–Kier alpha value is -2.60. The molecule has 0 aliphatic carbocycles. The van der Waals surface area contributed by atoms with Crippen molar-refractivity contribution in [1.29, 1.82) is 0 Å². The number of carbonyl (C=O) groups excluding carboxylic acids is 2. The second-order valence-corrected chi connectivity index (χ2v) is 9.18. The van der Waals surface area contributed by atoms with Gasteiger partial charge in [-0.15, -0.1) is 0 Å². The Morgan fingerprint density at radius 3 is 2.60 bits per heavy atom. The maximum absolute atomic E-state index is 13.5. The Morgan fingerprint density at radius 1 is 1.13 bits per heavy atom. The second kappa shape index (κ2) is 7.27. The van der Waals surface area contributed by atoms with Crippen LogP contribution in [0.3, 0.4) is 0 Å². The fraction of sp³-hybridized carbons (Fsp3) is 0.333. The summed E-state index contributed by atoms with van der Waals surface area (Å²) in [5.74, 6) is 0.0686. The van der Waals surface area contributed by atoms with Crippen molar-refractivity contribution in [1.82, 2.24) is 14.8 Å². The minimum Gasteiger partial charge on any atom is -0.356 e. The number of halogens is 1. The smallest absolute Gasteiger partial charge is 0.246 e. The van der Waals surface area contributed by atoms with Crippen LogP contribution < -0.4 is 0 Å². The van der Waals surface area contributed by atoms with E-state index in [1.54, 1.807) is 4.90 Å². The maximum Gasteiger partial charge on any atom is 0.246 e. The number of fused-ring (bicyclic) bond motifs is 4. The molecule has 5 nitrogen and oxygen atoms in total. The number of carbonyl (C=O) groups is 2. The van der Waals surface area contributed by atoms with Crippen LogP contribution in [0.4, 0.5) is 0 Å². The molecule has 1 fully saturated rings. The molecule has 2 aliphatic heterocycles. The lowest BCUT2D eigenvalue weighted by Crippen LogP contribution is -2.64. The van der Waals surface area contributed by atoms with Crippen molar-refractivity contribution in [3.8, 4) is 0 Å². The van der Waals surface area contributed by atoms with Gasteiger partial charge in [-0.2, -0.15) is 0 Å². The zero-order valence-corrected chi connectivity index (χ0v) is 18.6. The van der Waals surface area contributed by atoms with E-state index in [0.29, 0.717) is 6.42 Å². The van der Waals surface area contributed by atoms with E-state index >= 15 is 0 Å². The molecule has 3 heterocycles. The van der Waals surface area contributed by atoms with Crippen LogP contribution in [0.1, 0.15) is 43.1 Å². The monoisotopic (exact) mass is 465 g/mol. The first-order valence-electron chi connectivity index (χ1n) is 10.5. The summed E-state index contributed by atoms with van der Waals surface area (Å²) in [4.78, 5) is 34.1. The van der Waals surface area contributed by atoms with Gasteiger partial charge in [0.15, 0.2) is 0 Å². The first-order chi connectivity index (χ1) is 14.5. The summed E-state index contributed by atoms with van der Waals surface area (Å²) in [6.45, 7) is 4.22. The third kappa shape index (κ3) is 2.88. The minimum atomic E-state index is -0.472. The van der Waals surface area contributed by atoms with E-state index in [1.807, 2.05) is 48.2 Å². The molecule has 1 aromatic heterocycles. The van der Waals surface area contributed by atoms with Gasteiger partial charge in [0.25, 0.3) is 0 Å². The number of hydrogen-bond donors (Lipinski definition) is 1. The van der Waals surface area contributed by atoms with Gasteiger partial charge >= 0.3 is 0 Å². The molecule has 2 aromatic carbocycles. The quantitative estimate of drug-likeness (QED) is 0.622. The molecular formula is C24H24BrN3O2. The Labute approximate surface area is 184 Å². The van der Waals surface area contributed by atoms with Crippen molar-refractivity contribution in [2.45, 2.75) is 44.8 Å². The highest BCUT2D eigenvalue weighted by molar-refractivity contribution is 9.10. The van der Waals surface area contributed by atoms with Gasteiger partial charge in [-0.3, -0.25) is 9.59 Å². The van der Waals surface area contributed by atoms with Crippen LogP contribution in [-0.2, 0) is 16.0 Å². The van der Waals surface area contributed by atoms with E-state index in [9.17, 15) is 9.59 Å². The number of benzene rings is 2. The van der Waals surface area contributed by atoms with Crippen molar-refractivity contribution in [3.63, 3.8) is 0 Å². The SMILES string of the molecule is CCC(C)N1CC(=O)N2C(Cc3c([nH]c4ccccc34)C2c2ccc(Br)cc2)C1=O. The molecular weight excluding hydrogens is 442 g/mol. The molecule has 1 saturated heterocycles. The van der Waals surface area contributed by atoms with Gasteiger partial charge in [0.05, 0.1) is 6.04 Å². The van der Waals surface area contributed by atoms with E-state index in [-0.39, 0.29) is 30.4 Å². The summed E-state index contributed by atoms with van der Waals surface area (Å²) in [5.41, 5.74) is 4.22. The minimum absolute atomic E-state index is 0.0112. The summed E-state index contributed by atoms with van der Waals surface area (Å²) in [7, 11) is 0. The first kappa shape index (κ1) is 19.4. The molecule has 6 heteroatoms. The standard InChI is InChI=1S/C24H24BrN3O2/c1-3-14(2)27-13-21(29)28-20(24(27)30)12-18-17-6-4-5-7-19(17)26-22(18)23(28)15-8-10-16(25)11-9-15/h4-11,14,20,23,26H,3,12-13H2,1-2H3. The summed E-state index contributed by atoms with van der Waals surface area (Å²) in [6, 6.07) is 15.5. The summed E-state index contributed by atoms with van der Waals surface area (Å²) in [5, 5.41) is 1.13. The molecule has 3 unspecified atom stereocenters. The number of nitrogens with one attached hydrogen (secondary N) is 1. The van der Waals surface area contributed by atoms with Crippen molar-refractivity contribution < 1.29 is 9.59 Å². The number of para-hydroxylation sites is 1. The van der Waals surface area contributed by atoms with Crippen LogP contribution in [0.2, 0.25) is 0 Å². The van der Waals surface area contributed by atoms with Crippen molar-refractivity contribution in [3.05, 3.63) is 69.8 Å². The number of nitrogens with zero attached hydrogens (tertiary/aromatic N) is 2. The summed E-state index contributed by atoms with van der Waals surface area (Å²) in [6.07, 6.45) is 1.38. The Kier molecular flexibility index (Phi) is 4.69. The molecule has 0 spiro atoms. The molecule has 154 valence electrons. The van der Waals surface area contributed by atoms with Crippen LogP contribution in [0, 0.1) is 0 Å². The van der Waals surface area contributed by atoms with Crippen LogP contribution in [-0.4, -0.2) is 45.2 Å². The molecule has 2 aliphatic rings. The largest absolute Gasteiger partial charge is 0.356 e. The van der Waals surface area contributed by atoms with E-state index in [0.717, 1.165) is 38.6 Å². The molecule has 5 rings (SSSR count). The number of aromatic nitrogens is 1. The van der Waals surface area contributed by atoms with Gasteiger partial charge in [0, 0.05) is 33.5 Å². The third-order valence-corrected chi connectivity index (χ3v) is 7.13. The van der Waals surface area contributed by atoms with E-state index in [2.05, 4.69) is 40.0 Å². The highest BCUT2D eigenvalue weighted by atomic mass is 79.9. The second-order valence-electron chi connectivity index (χ2n) is 8.26. The molecule has 0 saturated carbocycles. The number of H-pyrrole nitrogens is 1. The van der Waals surface area contributed by atoms with Gasteiger partial charge in [-0.25, -0.2) is 0 Å². The molecule has 1 N–H and O–H groups in total. The zero-order chi connectivity index (χ0) is 21.0. The van der Waals surface area contributed by atoms with Crippen LogP contribution in [0.5, 0.6) is 0 Å². The van der Waals surface area contributed by atoms with Crippen molar-refractivity contribution >= 4 is 38.6 Å². The average molecular weight is 466 g/mol. The van der Waals surface area contributed by atoms with Gasteiger partial charge in [-0.1, -0.05) is 53.2 Å². The van der Waals surface area contributed by atoms with Gasteiger partial charge in [0.2, 0.25) is 11.8 Å². The predicted octanol–water partition coefficient (Wildman–Crippen LogP) is 4.41. The summed E-state index contributed by atoms with van der Waals surface area (Å²) >= 11 is 3.50. The number of hydrogen-bond acceptors (Lipinski definition) is 2. The maximum atomic E-state index is 13.5. The van der Waals surface area contributed by atoms with Crippen LogP contribution in [0.25, 0.3) is 10.9 Å². The first-order valence-corrected chi connectivity index (χ1v) is 11.3. The number of piperazine rings is 1. The lowest BCUT2D eigenvalue weighted by Gasteiger charge is -2.48. The third-order valence-electron chi connectivity index (χ3n) is 6.60. The number of aromatic amines is 1. The van der Waals surface area contributed by atoms with Crippen LogP contribution >= 0.6 is 15.9 Å². The fourth-order valence-corrected chi connectivity index (χ4v) is 5.14.